The van der Waals surface area contributed by atoms with Crippen LogP contribution in [0.15, 0.2) is 12.4 Å². The first-order valence-electron chi connectivity index (χ1n) is 6.16. The first-order valence-corrected chi connectivity index (χ1v) is 6.16. The summed E-state index contributed by atoms with van der Waals surface area (Å²) in [5.74, 6) is 1.13. The summed E-state index contributed by atoms with van der Waals surface area (Å²) in [4.78, 5) is 6.84. The van der Waals surface area contributed by atoms with E-state index in [0.717, 1.165) is 25.5 Å². The molecule has 0 radical (unpaired) electrons. The minimum absolute atomic E-state index is 0.516. The SMILES string of the molecule is Cc1nccn1[C@@H]1CCCN(C[C@@H]2CO2)C1. The second-order valence-electron chi connectivity index (χ2n) is 4.89. The lowest BCUT2D eigenvalue weighted by Gasteiger charge is -2.33. The first kappa shape index (κ1) is 10.3. The lowest BCUT2D eigenvalue weighted by atomic mass is 10.1. The van der Waals surface area contributed by atoms with Crippen molar-refractivity contribution < 1.29 is 4.74 Å². The van der Waals surface area contributed by atoms with Gasteiger partial charge in [-0.05, 0) is 26.3 Å². The van der Waals surface area contributed by atoms with Crippen molar-refractivity contribution in [1.29, 1.82) is 0 Å². The number of hydrogen-bond acceptors (Lipinski definition) is 3. The van der Waals surface area contributed by atoms with E-state index in [2.05, 4.69) is 27.6 Å². The molecule has 3 rings (SSSR count). The minimum Gasteiger partial charge on any atom is -0.372 e. The zero-order valence-electron chi connectivity index (χ0n) is 9.80. The van der Waals surface area contributed by atoms with Crippen LogP contribution in [0.5, 0.6) is 0 Å². The molecule has 0 N–H and O–H groups in total. The molecule has 1 aromatic heterocycles. The number of ether oxygens (including phenoxy) is 1. The van der Waals surface area contributed by atoms with Crippen molar-refractivity contribution in [2.45, 2.75) is 31.9 Å². The predicted octanol–water partition coefficient (Wildman–Crippen LogP) is 1.23. The molecule has 3 heterocycles. The highest BCUT2D eigenvalue weighted by Gasteiger charge is 2.29. The Morgan fingerprint density at radius 1 is 1.56 bits per heavy atom. The second kappa shape index (κ2) is 4.18. The average molecular weight is 221 g/mol. The largest absolute Gasteiger partial charge is 0.372 e. The molecule has 88 valence electrons. The minimum atomic E-state index is 0.516. The number of hydrogen-bond donors (Lipinski definition) is 0. The number of piperidine rings is 1. The van der Waals surface area contributed by atoms with E-state index in [9.17, 15) is 0 Å². The monoisotopic (exact) mass is 221 g/mol. The molecule has 0 unspecified atom stereocenters. The molecule has 2 aliphatic heterocycles. The molecule has 0 aliphatic carbocycles. The Morgan fingerprint density at radius 3 is 3.12 bits per heavy atom. The van der Waals surface area contributed by atoms with Crippen molar-refractivity contribution in [1.82, 2.24) is 14.5 Å². The van der Waals surface area contributed by atoms with Crippen LogP contribution in [0, 0.1) is 6.92 Å². The molecule has 2 saturated heterocycles. The van der Waals surface area contributed by atoms with Gasteiger partial charge in [0.05, 0.1) is 12.7 Å². The Kier molecular flexibility index (Phi) is 2.69. The molecule has 0 aromatic carbocycles. The van der Waals surface area contributed by atoms with Gasteiger partial charge in [0.25, 0.3) is 0 Å². The Labute approximate surface area is 96.2 Å². The van der Waals surface area contributed by atoms with E-state index in [1.165, 1.54) is 19.4 Å². The van der Waals surface area contributed by atoms with Crippen molar-refractivity contribution in [2.75, 3.05) is 26.2 Å². The lowest BCUT2D eigenvalue weighted by molar-refractivity contribution is 0.163. The molecule has 0 spiro atoms. The number of aromatic nitrogens is 2. The molecule has 4 nitrogen and oxygen atoms in total. The number of imidazole rings is 1. The Morgan fingerprint density at radius 2 is 2.44 bits per heavy atom. The number of nitrogens with zero attached hydrogens (tertiary/aromatic N) is 3. The van der Waals surface area contributed by atoms with E-state index in [-0.39, 0.29) is 0 Å². The Bertz CT molecular complexity index is 359. The molecular formula is C12H19N3O. The summed E-state index contributed by atoms with van der Waals surface area (Å²) in [5, 5.41) is 0. The van der Waals surface area contributed by atoms with Crippen molar-refractivity contribution in [2.24, 2.45) is 0 Å². The zero-order valence-corrected chi connectivity index (χ0v) is 9.80. The average Bonchev–Trinajstić information content (AvgIpc) is 2.99. The third kappa shape index (κ3) is 2.13. The van der Waals surface area contributed by atoms with Gasteiger partial charge in [-0.2, -0.15) is 0 Å². The summed E-state index contributed by atoms with van der Waals surface area (Å²) in [7, 11) is 0. The summed E-state index contributed by atoms with van der Waals surface area (Å²) >= 11 is 0. The van der Waals surface area contributed by atoms with E-state index in [4.69, 9.17) is 4.74 Å². The number of aryl methyl sites for hydroxylation is 1. The molecule has 0 bridgehead atoms. The van der Waals surface area contributed by atoms with Gasteiger partial charge in [0.15, 0.2) is 0 Å². The molecule has 1 aromatic rings. The highest BCUT2D eigenvalue weighted by atomic mass is 16.6. The van der Waals surface area contributed by atoms with Crippen LogP contribution in [0.1, 0.15) is 24.7 Å². The summed E-state index contributed by atoms with van der Waals surface area (Å²) in [6.45, 7) is 6.54. The van der Waals surface area contributed by atoms with Crippen LogP contribution in [0.3, 0.4) is 0 Å². The van der Waals surface area contributed by atoms with Crippen LogP contribution < -0.4 is 0 Å². The molecule has 16 heavy (non-hydrogen) atoms. The van der Waals surface area contributed by atoms with E-state index in [1.54, 1.807) is 0 Å². The fraction of sp³-hybridized carbons (Fsp3) is 0.750. The number of rotatable bonds is 3. The van der Waals surface area contributed by atoms with Crippen molar-refractivity contribution in [3.8, 4) is 0 Å². The predicted molar refractivity (Wildman–Crippen MR) is 61.4 cm³/mol. The molecule has 2 aliphatic rings. The van der Waals surface area contributed by atoms with E-state index < -0.39 is 0 Å². The van der Waals surface area contributed by atoms with Gasteiger partial charge in [-0.3, -0.25) is 4.90 Å². The highest BCUT2D eigenvalue weighted by molar-refractivity contribution is 4.94. The van der Waals surface area contributed by atoms with E-state index >= 15 is 0 Å². The number of likely N-dealkylation sites (tertiary alicyclic amines) is 1. The maximum Gasteiger partial charge on any atom is 0.105 e. The normalized spacial score (nSPS) is 30.6. The maximum absolute atomic E-state index is 5.30. The van der Waals surface area contributed by atoms with Crippen LogP contribution in [-0.2, 0) is 4.74 Å². The van der Waals surface area contributed by atoms with Crippen LogP contribution in [-0.4, -0.2) is 46.8 Å². The summed E-state index contributed by atoms with van der Waals surface area (Å²) in [6.07, 6.45) is 7.09. The quantitative estimate of drug-likeness (QED) is 0.720. The topological polar surface area (TPSA) is 33.6 Å². The zero-order chi connectivity index (χ0) is 11.0. The van der Waals surface area contributed by atoms with E-state index in [1.807, 2.05) is 6.20 Å². The third-order valence-corrected chi connectivity index (χ3v) is 3.60. The smallest absolute Gasteiger partial charge is 0.105 e. The molecular weight excluding hydrogens is 202 g/mol. The van der Waals surface area contributed by atoms with Gasteiger partial charge in [-0.15, -0.1) is 0 Å². The van der Waals surface area contributed by atoms with Gasteiger partial charge in [0.1, 0.15) is 5.82 Å². The lowest BCUT2D eigenvalue weighted by Crippen LogP contribution is -2.38. The van der Waals surface area contributed by atoms with E-state index in [0.29, 0.717) is 12.1 Å². The first-order chi connectivity index (χ1) is 7.83. The molecule has 4 heteroatoms. The maximum atomic E-state index is 5.30. The van der Waals surface area contributed by atoms with Crippen molar-refractivity contribution in [3.05, 3.63) is 18.2 Å². The van der Waals surface area contributed by atoms with Gasteiger partial charge >= 0.3 is 0 Å². The molecule has 0 amide bonds. The van der Waals surface area contributed by atoms with Gasteiger partial charge in [-0.1, -0.05) is 0 Å². The fourth-order valence-electron chi connectivity index (χ4n) is 2.66. The Balaban J connectivity index is 1.64. The van der Waals surface area contributed by atoms with Crippen molar-refractivity contribution in [3.63, 3.8) is 0 Å². The van der Waals surface area contributed by atoms with Gasteiger partial charge in [0, 0.05) is 31.5 Å². The summed E-state index contributed by atoms with van der Waals surface area (Å²) < 4.78 is 7.62. The number of epoxide rings is 1. The highest BCUT2D eigenvalue weighted by Crippen LogP contribution is 2.24. The van der Waals surface area contributed by atoms with Gasteiger partial charge in [0.2, 0.25) is 0 Å². The Hall–Kier alpha value is -0.870. The van der Waals surface area contributed by atoms with Crippen LogP contribution in [0.4, 0.5) is 0 Å². The van der Waals surface area contributed by atoms with Crippen molar-refractivity contribution >= 4 is 0 Å². The van der Waals surface area contributed by atoms with Crippen LogP contribution in [0.2, 0.25) is 0 Å². The molecule has 2 fully saturated rings. The second-order valence-corrected chi connectivity index (χ2v) is 4.89. The standard InChI is InChI=1S/C12H19N3O/c1-10-13-4-6-15(10)11-3-2-5-14(7-11)8-12-9-16-12/h4,6,11-12H,2-3,5,7-9H2,1H3/t11-,12-/m1/s1. The fourth-order valence-corrected chi connectivity index (χ4v) is 2.66. The summed E-state index contributed by atoms with van der Waals surface area (Å²) in [6, 6.07) is 0.606. The van der Waals surface area contributed by atoms with Crippen LogP contribution in [0.25, 0.3) is 0 Å². The molecule has 2 atom stereocenters. The molecule has 0 saturated carbocycles. The summed E-state index contributed by atoms with van der Waals surface area (Å²) in [5.41, 5.74) is 0. The third-order valence-electron chi connectivity index (χ3n) is 3.60. The van der Waals surface area contributed by atoms with Gasteiger partial charge < -0.3 is 9.30 Å². The van der Waals surface area contributed by atoms with Gasteiger partial charge in [-0.25, -0.2) is 4.98 Å². The van der Waals surface area contributed by atoms with Crippen LogP contribution >= 0.6 is 0 Å².